The SMILES string of the molecule is CCCNCc1ccc(CN2CCOC3CCCCC32)s1. The molecule has 2 aliphatic rings. The fraction of sp³-hybridized carbons (Fsp3) is 0.765. The van der Waals surface area contributed by atoms with Gasteiger partial charge in [0.1, 0.15) is 0 Å². The van der Waals surface area contributed by atoms with Crippen molar-refractivity contribution in [3.05, 3.63) is 21.9 Å². The number of fused-ring (bicyclic) bond motifs is 1. The lowest BCUT2D eigenvalue weighted by Crippen LogP contribution is -2.51. The van der Waals surface area contributed by atoms with E-state index in [9.17, 15) is 0 Å². The van der Waals surface area contributed by atoms with E-state index in [0.29, 0.717) is 12.1 Å². The molecular formula is C17H28N2OS. The maximum absolute atomic E-state index is 5.97. The molecule has 2 fully saturated rings. The van der Waals surface area contributed by atoms with Crippen LogP contribution in [0.4, 0.5) is 0 Å². The molecule has 1 aromatic heterocycles. The van der Waals surface area contributed by atoms with Gasteiger partial charge in [0.15, 0.2) is 0 Å². The van der Waals surface area contributed by atoms with Gasteiger partial charge in [-0.2, -0.15) is 0 Å². The summed E-state index contributed by atoms with van der Waals surface area (Å²) in [6.45, 7) is 7.48. The maximum Gasteiger partial charge on any atom is 0.0731 e. The third-order valence-corrected chi connectivity index (χ3v) is 5.72. The average Bonchev–Trinajstić information content (AvgIpc) is 2.96. The molecule has 4 heteroatoms. The molecule has 3 nitrogen and oxygen atoms in total. The van der Waals surface area contributed by atoms with Crippen LogP contribution in [0.1, 0.15) is 48.8 Å². The summed E-state index contributed by atoms with van der Waals surface area (Å²) >= 11 is 1.97. The van der Waals surface area contributed by atoms with Crippen LogP contribution in [-0.4, -0.2) is 36.7 Å². The van der Waals surface area contributed by atoms with Gasteiger partial charge in [-0.3, -0.25) is 4.90 Å². The standard InChI is InChI=1S/C17H28N2OS/c1-2-9-18-12-14-7-8-15(21-14)13-19-10-11-20-17-6-4-3-5-16(17)19/h7-8,16-18H,2-6,9-13H2,1H3. The van der Waals surface area contributed by atoms with E-state index in [1.807, 2.05) is 11.3 Å². The van der Waals surface area contributed by atoms with E-state index in [2.05, 4.69) is 29.3 Å². The van der Waals surface area contributed by atoms with Gasteiger partial charge >= 0.3 is 0 Å². The molecule has 2 heterocycles. The van der Waals surface area contributed by atoms with Crippen LogP contribution in [0.2, 0.25) is 0 Å². The molecule has 3 rings (SSSR count). The molecule has 1 aliphatic carbocycles. The van der Waals surface area contributed by atoms with E-state index in [0.717, 1.165) is 32.8 Å². The smallest absolute Gasteiger partial charge is 0.0731 e. The van der Waals surface area contributed by atoms with Crippen molar-refractivity contribution in [3.63, 3.8) is 0 Å². The van der Waals surface area contributed by atoms with Crippen LogP contribution in [0.5, 0.6) is 0 Å². The Morgan fingerprint density at radius 2 is 2.14 bits per heavy atom. The Labute approximate surface area is 132 Å². The van der Waals surface area contributed by atoms with Gasteiger partial charge in [0.05, 0.1) is 12.7 Å². The molecule has 0 amide bonds. The first-order valence-electron chi connectivity index (χ1n) is 8.51. The molecule has 1 saturated carbocycles. The van der Waals surface area contributed by atoms with Crippen molar-refractivity contribution in [3.8, 4) is 0 Å². The summed E-state index contributed by atoms with van der Waals surface area (Å²) in [7, 11) is 0. The monoisotopic (exact) mass is 308 g/mol. The Hall–Kier alpha value is -0.420. The van der Waals surface area contributed by atoms with Gasteiger partial charge in [0.25, 0.3) is 0 Å². The van der Waals surface area contributed by atoms with Crippen molar-refractivity contribution in [2.45, 2.75) is 64.3 Å². The molecule has 0 bridgehead atoms. The second-order valence-electron chi connectivity index (χ2n) is 6.28. The highest BCUT2D eigenvalue weighted by molar-refractivity contribution is 7.11. The minimum absolute atomic E-state index is 0.498. The van der Waals surface area contributed by atoms with Crippen LogP contribution in [0.15, 0.2) is 12.1 Å². The first-order valence-corrected chi connectivity index (χ1v) is 9.32. The average molecular weight is 308 g/mol. The molecule has 21 heavy (non-hydrogen) atoms. The van der Waals surface area contributed by atoms with Gasteiger partial charge in [-0.15, -0.1) is 11.3 Å². The van der Waals surface area contributed by atoms with Crippen LogP contribution >= 0.6 is 11.3 Å². The molecule has 0 spiro atoms. The molecular weight excluding hydrogens is 280 g/mol. The number of hydrogen-bond donors (Lipinski definition) is 1. The molecule has 1 saturated heterocycles. The van der Waals surface area contributed by atoms with Crippen molar-refractivity contribution in [2.75, 3.05) is 19.7 Å². The van der Waals surface area contributed by atoms with Gasteiger partial charge in [0, 0.05) is 35.4 Å². The Bertz CT molecular complexity index is 432. The minimum atomic E-state index is 0.498. The highest BCUT2D eigenvalue weighted by Gasteiger charge is 2.34. The third kappa shape index (κ3) is 4.07. The zero-order valence-electron chi connectivity index (χ0n) is 13.1. The van der Waals surface area contributed by atoms with E-state index in [1.165, 1.54) is 41.9 Å². The topological polar surface area (TPSA) is 24.5 Å². The number of nitrogens with one attached hydrogen (secondary N) is 1. The van der Waals surface area contributed by atoms with Crippen LogP contribution in [-0.2, 0) is 17.8 Å². The van der Waals surface area contributed by atoms with Gasteiger partial charge in [0.2, 0.25) is 0 Å². The number of thiophene rings is 1. The van der Waals surface area contributed by atoms with E-state index in [4.69, 9.17) is 4.74 Å². The van der Waals surface area contributed by atoms with Crippen LogP contribution in [0, 0.1) is 0 Å². The summed E-state index contributed by atoms with van der Waals surface area (Å²) in [5, 5.41) is 3.49. The molecule has 2 atom stereocenters. The van der Waals surface area contributed by atoms with E-state index in [-0.39, 0.29) is 0 Å². The molecule has 1 aromatic rings. The van der Waals surface area contributed by atoms with Gasteiger partial charge in [-0.05, 0) is 37.9 Å². The number of morpholine rings is 1. The maximum atomic E-state index is 5.97. The predicted molar refractivity (Wildman–Crippen MR) is 88.7 cm³/mol. The van der Waals surface area contributed by atoms with Crippen LogP contribution in [0.25, 0.3) is 0 Å². The zero-order valence-corrected chi connectivity index (χ0v) is 14.0. The van der Waals surface area contributed by atoms with E-state index < -0.39 is 0 Å². The summed E-state index contributed by atoms with van der Waals surface area (Å²) < 4.78 is 5.97. The fourth-order valence-electron chi connectivity index (χ4n) is 3.56. The molecule has 0 aromatic carbocycles. The van der Waals surface area contributed by atoms with Crippen molar-refractivity contribution >= 4 is 11.3 Å². The van der Waals surface area contributed by atoms with Crippen molar-refractivity contribution < 1.29 is 4.74 Å². The number of hydrogen-bond acceptors (Lipinski definition) is 4. The van der Waals surface area contributed by atoms with Crippen molar-refractivity contribution in [1.29, 1.82) is 0 Å². The summed E-state index contributed by atoms with van der Waals surface area (Å²) in [6.07, 6.45) is 7.00. The summed E-state index contributed by atoms with van der Waals surface area (Å²) in [5.41, 5.74) is 0. The summed E-state index contributed by atoms with van der Waals surface area (Å²) in [5.74, 6) is 0. The Kier molecular flexibility index (Phi) is 5.69. The molecule has 0 radical (unpaired) electrons. The van der Waals surface area contributed by atoms with Crippen molar-refractivity contribution in [2.24, 2.45) is 0 Å². The number of rotatable bonds is 6. The lowest BCUT2D eigenvalue weighted by atomic mass is 9.90. The second kappa shape index (κ2) is 7.73. The lowest BCUT2D eigenvalue weighted by Gasteiger charge is -2.43. The van der Waals surface area contributed by atoms with Crippen molar-refractivity contribution in [1.82, 2.24) is 10.2 Å². The van der Waals surface area contributed by atoms with E-state index in [1.54, 1.807) is 0 Å². The molecule has 1 aliphatic heterocycles. The van der Waals surface area contributed by atoms with Crippen LogP contribution < -0.4 is 5.32 Å². The second-order valence-corrected chi connectivity index (χ2v) is 7.53. The number of ether oxygens (including phenoxy) is 1. The van der Waals surface area contributed by atoms with Gasteiger partial charge < -0.3 is 10.1 Å². The quantitative estimate of drug-likeness (QED) is 0.815. The Morgan fingerprint density at radius 3 is 3.05 bits per heavy atom. The summed E-state index contributed by atoms with van der Waals surface area (Å²) in [4.78, 5) is 5.64. The fourth-order valence-corrected chi connectivity index (χ4v) is 4.58. The Morgan fingerprint density at radius 1 is 1.29 bits per heavy atom. The highest BCUT2D eigenvalue weighted by atomic mass is 32.1. The molecule has 118 valence electrons. The summed E-state index contributed by atoms with van der Waals surface area (Å²) in [6, 6.07) is 5.28. The van der Waals surface area contributed by atoms with Gasteiger partial charge in [-0.1, -0.05) is 19.8 Å². The highest BCUT2D eigenvalue weighted by Crippen LogP contribution is 2.30. The van der Waals surface area contributed by atoms with E-state index >= 15 is 0 Å². The third-order valence-electron chi connectivity index (χ3n) is 4.65. The zero-order chi connectivity index (χ0) is 14.5. The normalized spacial score (nSPS) is 26.7. The number of nitrogens with zero attached hydrogens (tertiary/aromatic N) is 1. The first kappa shape index (κ1) is 15.5. The largest absolute Gasteiger partial charge is 0.375 e. The van der Waals surface area contributed by atoms with Gasteiger partial charge in [-0.25, -0.2) is 0 Å². The first-order chi connectivity index (χ1) is 10.4. The van der Waals surface area contributed by atoms with Crippen LogP contribution in [0.3, 0.4) is 0 Å². The lowest BCUT2D eigenvalue weighted by molar-refractivity contribution is -0.0908. The molecule has 2 unspecified atom stereocenters. The predicted octanol–water partition coefficient (Wildman–Crippen LogP) is 3.39. The Balaban J connectivity index is 1.55. The molecule has 1 N–H and O–H groups in total. The minimum Gasteiger partial charge on any atom is -0.375 e.